The van der Waals surface area contributed by atoms with E-state index in [1.807, 2.05) is 0 Å². The van der Waals surface area contributed by atoms with Gasteiger partial charge in [-0.25, -0.2) is 0 Å². The maximum Gasteiger partial charge on any atom is 0.00674 e. The lowest BCUT2D eigenvalue weighted by atomic mass is 9.71. The van der Waals surface area contributed by atoms with Crippen molar-refractivity contribution in [3.05, 3.63) is 0 Å². The van der Waals surface area contributed by atoms with Crippen molar-refractivity contribution >= 4 is 0 Å². The summed E-state index contributed by atoms with van der Waals surface area (Å²) in [5.74, 6) is 1.08. The molecule has 0 radical (unpaired) electrons. The normalized spacial score (nSPS) is 29.6. The molecule has 1 heteroatoms. The largest absolute Gasteiger partial charge is 0.314 e. The lowest BCUT2D eigenvalue weighted by Crippen LogP contribution is -2.37. The van der Waals surface area contributed by atoms with E-state index < -0.39 is 0 Å². The van der Waals surface area contributed by atoms with Crippen LogP contribution in [0.5, 0.6) is 0 Å². The van der Waals surface area contributed by atoms with Crippen LogP contribution in [0.1, 0.15) is 77.0 Å². The molecule has 1 nitrogen and oxygen atoms in total. The average molecular weight is 235 g/mol. The van der Waals surface area contributed by atoms with E-state index in [-0.39, 0.29) is 0 Å². The van der Waals surface area contributed by atoms with Crippen LogP contribution in [-0.2, 0) is 0 Å². The van der Waals surface area contributed by atoms with Crippen molar-refractivity contribution in [2.45, 2.75) is 83.1 Å². The monoisotopic (exact) mass is 235 g/mol. The van der Waals surface area contributed by atoms with Gasteiger partial charge in [-0.15, -0.1) is 0 Å². The Kier molecular flexibility index (Phi) is 3.75. The van der Waals surface area contributed by atoms with E-state index in [4.69, 9.17) is 0 Å². The molecule has 17 heavy (non-hydrogen) atoms. The Morgan fingerprint density at radius 1 is 0.824 bits per heavy atom. The van der Waals surface area contributed by atoms with Gasteiger partial charge in [-0.1, -0.05) is 32.1 Å². The molecule has 3 fully saturated rings. The number of hydrogen-bond acceptors (Lipinski definition) is 1. The van der Waals surface area contributed by atoms with E-state index in [0.717, 1.165) is 17.4 Å². The van der Waals surface area contributed by atoms with Crippen LogP contribution in [0.3, 0.4) is 0 Å². The summed E-state index contributed by atoms with van der Waals surface area (Å²) >= 11 is 0. The first kappa shape index (κ1) is 12.0. The maximum atomic E-state index is 3.83. The number of hydrogen-bond donors (Lipinski definition) is 1. The van der Waals surface area contributed by atoms with Crippen molar-refractivity contribution in [2.75, 3.05) is 6.54 Å². The molecular formula is C16H29N. The third-order valence-electron chi connectivity index (χ3n) is 5.92. The van der Waals surface area contributed by atoms with Gasteiger partial charge in [0.05, 0.1) is 0 Å². The van der Waals surface area contributed by atoms with Crippen molar-refractivity contribution in [2.24, 2.45) is 11.3 Å². The zero-order valence-corrected chi connectivity index (χ0v) is 11.3. The van der Waals surface area contributed by atoms with Crippen LogP contribution < -0.4 is 5.32 Å². The molecule has 0 aromatic heterocycles. The topological polar surface area (TPSA) is 12.0 Å². The summed E-state index contributed by atoms with van der Waals surface area (Å²) in [5.41, 5.74) is 0.812. The summed E-state index contributed by atoms with van der Waals surface area (Å²) in [7, 11) is 0. The Bertz CT molecular complexity index is 228. The van der Waals surface area contributed by atoms with Gasteiger partial charge in [-0.2, -0.15) is 0 Å². The zero-order chi connectivity index (χ0) is 11.6. The Morgan fingerprint density at radius 2 is 1.53 bits per heavy atom. The molecule has 3 aliphatic rings. The minimum Gasteiger partial charge on any atom is -0.314 e. The van der Waals surface area contributed by atoms with Gasteiger partial charge in [0.2, 0.25) is 0 Å². The summed E-state index contributed by atoms with van der Waals surface area (Å²) in [4.78, 5) is 0. The summed E-state index contributed by atoms with van der Waals surface area (Å²) < 4.78 is 0. The first-order valence-electron chi connectivity index (χ1n) is 8.10. The van der Waals surface area contributed by atoms with E-state index in [0.29, 0.717) is 0 Å². The highest BCUT2D eigenvalue weighted by Crippen LogP contribution is 2.48. The van der Waals surface area contributed by atoms with Gasteiger partial charge in [0.15, 0.2) is 0 Å². The molecule has 0 aromatic carbocycles. The molecule has 0 saturated heterocycles. The second-order valence-electron chi connectivity index (χ2n) is 7.02. The predicted octanol–water partition coefficient (Wildman–Crippen LogP) is 4.27. The molecule has 1 N–H and O–H groups in total. The van der Waals surface area contributed by atoms with Crippen molar-refractivity contribution in [1.82, 2.24) is 5.32 Å². The fourth-order valence-corrected chi connectivity index (χ4v) is 4.33. The quantitative estimate of drug-likeness (QED) is 0.767. The van der Waals surface area contributed by atoms with E-state index >= 15 is 0 Å². The standard InChI is InChI=1S/C16H29N/c1-2-10-16(9-1)11-6-15(7-12-16)17-13-8-14-4-3-5-14/h14-15,17H,1-13H2. The van der Waals surface area contributed by atoms with Gasteiger partial charge in [0, 0.05) is 6.04 Å². The molecule has 3 rings (SSSR count). The van der Waals surface area contributed by atoms with E-state index in [1.165, 1.54) is 70.8 Å². The van der Waals surface area contributed by atoms with Crippen molar-refractivity contribution in [3.63, 3.8) is 0 Å². The summed E-state index contributed by atoms with van der Waals surface area (Å²) in [6.45, 7) is 1.29. The van der Waals surface area contributed by atoms with Crippen LogP contribution in [0.25, 0.3) is 0 Å². The third-order valence-corrected chi connectivity index (χ3v) is 5.92. The van der Waals surface area contributed by atoms with Crippen molar-refractivity contribution in [3.8, 4) is 0 Å². The van der Waals surface area contributed by atoms with E-state index in [9.17, 15) is 0 Å². The van der Waals surface area contributed by atoms with Crippen molar-refractivity contribution in [1.29, 1.82) is 0 Å². The van der Waals surface area contributed by atoms with Gasteiger partial charge in [0.1, 0.15) is 0 Å². The third kappa shape index (κ3) is 2.86. The van der Waals surface area contributed by atoms with Crippen LogP contribution in [0.4, 0.5) is 0 Å². The Balaban J connectivity index is 1.33. The fraction of sp³-hybridized carbons (Fsp3) is 1.00. The minimum atomic E-state index is 0.812. The molecule has 98 valence electrons. The van der Waals surface area contributed by atoms with Crippen LogP contribution in [0, 0.1) is 11.3 Å². The molecule has 1 spiro atoms. The van der Waals surface area contributed by atoms with Gasteiger partial charge < -0.3 is 5.32 Å². The molecule has 0 atom stereocenters. The summed E-state index contributed by atoms with van der Waals surface area (Å²) in [6.07, 6.45) is 18.0. The minimum absolute atomic E-state index is 0.812. The van der Waals surface area contributed by atoms with Gasteiger partial charge in [0.25, 0.3) is 0 Å². The molecule has 0 aromatic rings. The molecule has 0 bridgehead atoms. The van der Waals surface area contributed by atoms with Gasteiger partial charge in [-0.3, -0.25) is 0 Å². The molecule has 0 aliphatic heterocycles. The second kappa shape index (κ2) is 5.30. The lowest BCUT2D eigenvalue weighted by molar-refractivity contribution is 0.166. The number of rotatable bonds is 4. The van der Waals surface area contributed by atoms with Gasteiger partial charge in [-0.05, 0) is 62.8 Å². The van der Waals surface area contributed by atoms with E-state index in [1.54, 1.807) is 12.8 Å². The highest BCUT2D eigenvalue weighted by molar-refractivity contribution is 4.91. The van der Waals surface area contributed by atoms with Crippen LogP contribution >= 0.6 is 0 Å². The Labute approximate surface area is 107 Å². The SMILES string of the molecule is C1CC(CCNC2CCC3(CCCC3)CC2)C1. The molecule has 0 unspecified atom stereocenters. The molecule has 0 heterocycles. The molecule has 3 saturated carbocycles. The highest BCUT2D eigenvalue weighted by atomic mass is 14.9. The maximum absolute atomic E-state index is 3.83. The predicted molar refractivity (Wildman–Crippen MR) is 73.1 cm³/mol. The van der Waals surface area contributed by atoms with E-state index in [2.05, 4.69) is 5.32 Å². The summed E-state index contributed by atoms with van der Waals surface area (Å²) in [5, 5.41) is 3.83. The van der Waals surface area contributed by atoms with Gasteiger partial charge >= 0.3 is 0 Å². The van der Waals surface area contributed by atoms with Crippen LogP contribution in [0.2, 0.25) is 0 Å². The smallest absolute Gasteiger partial charge is 0.00674 e. The fourth-order valence-electron chi connectivity index (χ4n) is 4.33. The highest BCUT2D eigenvalue weighted by Gasteiger charge is 2.37. The molecule has 0 amide bonds. The van der Waals surface area contributed by atoms with Crippen molar-refractivity contribution < 1.29 is 0 Å². The van der Waals surface area contributed by atoms with Crippen LogP contribution in [0.15, 0.2) is 0 Å². The zero-order valence-electron chi connectivity index (χ0n) is 11.3. The molecule has 3 aliphatic carbocycles. The Hall–Kier alpha value is -0.0400. The first-order chi connectivity index (χ1) is 8.36. The molecular weight excluding hydrogens is 206 g/mol. The second-order valence-corrected chi connectivity index (χ2v) is 7.02. The van der Waals surface area contributed by atoms with Crippen LogP contribution in [-0.4, -0.2) is 12.6 Å². The first-order valence-corrected chi connectivity index (χ1v) is 8.10. The number of nitrogens with one attached hydrogen (secondary N) is 1. The summed E-state index contributed by atoms with van der Waals surface area (Å²) in [6, 6.07) is 0.862. The Morgan fingerprint density at radius 3 is 2.12 bits per heavy atom. The lowest BCUT2D eigenvalue weighted by Gasteiger charge is -2.38. The average Bonchev–Trinajstić information content (AvgIpc) is 2.73.